The summed E-state index contributed by atoms with van der Waals surface area (Å²) in [6.45, 7) is 4.85. The summed E-state index contributed by atoms with van der Waals surface area (Å²) in [4.78, 5) is 40.8. The molecule has 3 rings (SSSR count). The van der Waals surface area contributed by atoms with Crippen molar-refractivity contribution in [1.82, 2.24) is 14.8 Å². The van der Waals surface area contributed by atoms with Gasteiger partial charge >= 0.3 is 0 Å². The van der Waals surface area contributed by atoms with Crippen LogP contribution in [0.1, 0.15) is 92.0 Å². The fraction of sp³-hybridized carbons (Fsp3) is 0.696. The summed E-state index contributed by atoms with van der Waals surface area (Å²) in [6.07, 6.45) is 11.5. The lowest BCUT2D eigenvalue weighted by molar-refractivity contribution is 0.0500. The maximum Gasteiger partial charge on any atom is 0.259 e. The van der Waals surface area contributed by atoms with Crippen LogP contribution in [0.5, 0.6) is 0 Å². The molecule has 1 saturated carbocycles. The number of carbonyl (C=O) groups is 2. The Bertz CT molecular complexity index is 811. The van der Waals surface area contributed by atoms with E-state index in [1.165, 1.54) is 19.3 Å². The smallest absolute Gasteiger partial charge is 0.259 e. The molecule has 2 amide bonds. The predicted octanol–water partition coefficient (Wildman–Crippen LogP) is 2.73. The second-order valence-electron chi connectivity index (χ2n) is 9.00. The maximum atomic E-state index is 13.2. The first-order chi connectivity index (χ1) is 14.4. The number of carbonyl (C=O) groups excluding carboxylic acids is 2. The third kappa shape index (κ3) is 5.12. The highest BCUT2D eigenvalue weighted by atomic mass is 16.3. The number of nitrogens with one attached hydrogen (secondary N) is 1. The standard InChI is InChI=1S/C23H35N3O4/c1-16(2)25-13-19(22(29)24-12-17-8-4-3-5-9-17)21(28)20(14-25)23(30)26-11-7-6-10-18(26)15-27/h13-14,16-18,27H,3-12,15H2,1-2H3,(H,24,29)/t18-/m0/s1. The first kappa shape index (κ1) is 22.5. The highest BCUT2D eigenvalue weighted by Crippen LogP contribution is 2.23. The fourth-order valence-electron chi connectivity index (χ4n) is 4.55. The lowest BCUT2D eigenvalue weighted by Gasteiger charge is -2.34. The molecule has 1 aliphatic carbocycles. The van der Waals surface area contributed by atoms with Crippen LogP contribution in [-0.2, 0) is 0 Å². The average molecular weight is 418 g/mol. The largest absolute Gasteiger partial charge is 0.394 e. The molecule has 0 radical (unpaired) electrons. The SMILES string of the molecule is CC(C)n1cc(C(=O)NCC2CCCCC2)c(=O)c(C(=O)N2CCCC[C@H]2CO)c1. The molecular weight excluding hydrogens is 382 g/mol. The van der Waals surface area contributed by atoms with E-state index in [4.69, 9.17) is 0 Å². The number of piperidine rings is 1. The Labute approximate surface area is 178 Å². The minimum Gasteiger partial charge on any atom is -0.394 e. The van der Waals surface area contributed by atoms with Gasteiger partial charge in [0.1, 0.15) is 11.1 Å². The Morgan fingerprint density at radius 3 is 2.40 bits per heavy atom. The number of aromatic nitrogens is 1. The number of hydrogen-bond acceptors (Lipinski definition) is 4. The van der Waals surface area contributed by atoms with Gasteiger partial charge in [-0.05, 0) is 51.9 Å². The Morgan fingerprint density at radius 2 is 1.73 bits per heavy atom. The summed E-state index contributed by atoms with van der Waals surface area (Å²) in [5, 5.41) is 12.6. The number of pyridine rings is 1. The molecule has 1 atom stereocenters. The van der Waals surface area contributed by atoms with Crippen molar-refractivity contribution in [3.63, 3.8) is 0 Å². The van der Waals surface area contributed by atoms with Crippen molar-refractivity contribution in [3.05, 3.63) is 33.7 Å². The van der Waals surface area contributed by atoms with Gasteiger partial charge in [-0.1, -0.05) is 19.3 Å². The fourth-order valence-corrected chi connectivity index (χ4v) is 4.55. The summed E-state index contributed by atoms with van der Waals surface area (Å²) in [7, 11) is 0. The molecular formula is C23H35N3O4. The normalized spacial score (nSPS) is 20.4. The van der Waals surface area contributed by atoms with E-state index in [9.17, 15) is 19.5 Å². The maximum absolute atomic E-state index is 13.2. The number of amides is 2. The number of likely N-dealkylation sites (tertiary alicyclic amines) is 1. The molecule has 1 saturated heterocycles. The first-order valence-electron chi connectivity index (χ1n) is 11.4. The molecule has 7 heteroatoms. The minimum absolute atomic E-state index is 0.00274. The summed E-state index contributed by atoms with van der Waals surface area (Å²) >= 11 is 0. The van der Waals surface area contributed by atoms with E-state index < -0.39 is 17.2 Å². The van der Waals surface area contributed by atoms with Gasteiger partial charge in [0.25, 0.3) is 11.8 Å². The van der Waals surface area contributed by atoms with Crippen LogP contribution < -0.4 is 10.7 Å². The molecule has 0 unspecified atom stereocenters. The third-order valence-electron chi connectivity index (χ3n) is 6.49. The predicted molar refractivity (Wildman–Crippen MR) is 116 cm³/mol. The molecule has 2 aliphatic rings. The molecule has 30 heavy (non-hydrogen) atoms. The molecule has 2 N–H and O–H groups in total. The molecule has 0 spiro atoms. The third-order valence-corrected chi connectivity index (χ3v) is 6.49. The van der Waals surface area contributed by atoms with Crippen LogP contribution in [0.2, 0.25) is 0 Å². The monoisotopic (exact) mass is 417 g/mol. The van der Waals surface area contributed by atoms with Crippen molar-refractivity contribution in [2.24, 2.45) is 5.92 Å². The number of rotatable bonds is 6. The Balaban J connectivity index is 1.86. The van der Waals surface area contributed by atoms with Gasteiger partial charge in [-0.15, -0.1) is 0 Å². The van der Waals surface area contributed by atoms with Gasteiger partial charge in [0.05, 0.1) is 12.6 Å². The molecule has 1 aromatic heterocycles. The first-order valence-corrected chi connectivity index (χ1v) is 11.4. The van der Waals surface area contributed by atoms with Crippen molar-refractivity contribution in [1.29, 1.82) is 0 Å². The van der Waals surface area contributed by atoms with E-state index in [1.54, 1.807) is 21.9 Å². The molecule has 1 aromatic rings. The summed E-state index contributed by atoms with van der Waals surface area (Å²) in [5.41, 5.74) is -0.502. The lowest BCUT2D eigenvalue weighted by Crippen LogP contribution is -2.47. The topological polar surface area (TPSA) is 91.6 Å². The average Bonchev–Trinajstić information content (AvgIpc) is 2.77. The Morgan fingerprint density at radius 1 is 1.07 bits per heavy atom. The van der Waals surface area contributed by atoms with E-state index in [-0.39, 0.29) is 29.8 Å². The van der Waals surface area contributed by atoms with Crippen LogP contribution in [-0.4, -0.2) is 52.1 Å². The molecule has 0 aromatic carbocycles. The summed E-state index contributed by atoms with van der Waals surface area (Å²) < 4.78 is 1.75. The Hall–Kier alpha value is -2.15. The van der Waals surface area contributed by atoms with Crippen molar-refractivity contribution in [2.45, 2.75) is 77.3 Å². The highest BCUT2D eigenvalue weighted by Gasteiger charge is 2.30. The number of aliphatic hydroxyl groups is 1. The summed E-state index contributed by atoms with van der Waals surface area (Å²) in [6, 6.07) is -0.279. The zero-order valence-corrected chi connectivity index (χ0v) is 18.2. The van der Waals surface area contributed by atoms with E-state index in [0.717, 1.165) is 32.1 Å². The summed E-state index contributed by atoms with van der Waals surface area (Å²) in [5.74, 6) is -0.347. The van der Waals surface area contributed by atoms with Gasteiger partial charge in [-0.25, -0.2) is 0 Å². The van der Waals surface area contributed by atoms with E-state index in [1.807, 2.05) is 13.8 Å². The van der Waals surface area contributed by atoms with Gasteiger partial charge in [0.15, 0.2) is 0 Å². The van der Waals surface area contributed by atoms with Crippen LogP contribution in [0.4, 0.5) is 0 Å². The van der Waals surface area contributed by atoms with Gasteiger partial charge < -0.3 is 19.9 Å². The van der Waals surface area contributed by atoms with E-state index in [0.29, 0.717) is 19.0 Å². The molecule has 0 bridgehead atoms. The molecule has 166 valence electrons. The van der Waals surface area contributed by atoms with Crippen molar-refractivity contribution in [2.75, 3.05) is 19.7 Å². The van der Waals surface area contributed by atoms with Crippen LogP contribution in [0.15, 0.2) is 17.2 Å². The van der Waals surface area contributed by atoms with E-state index >= 15 is 0 Å². The van der Waals surface area contributed by atoms with Gasteiger partial charge in [0, 0.05) is 31.5 Å². The van der Waals surface area contributed by atoms with Crippen LogP contribution in [0.25, 0.3) is 0 Å². The quantitative estimate of drug-likeness (QED) is 0.744. The van der Waals surface area contributed by atoms with Crippen molar-refractivity contribution >= 4 is 11.8 Å². The second kappa shape index (κ2) is 10.2. The minimum atomic E-state index is -0.527. The van der Waals surface area contributed by atoms with Gasteiger partial charge in [-0.2, -0.15) is 0 Å². The van der Waals surface area contributed by atoms with Crippen molar-refractivity contribution < 1.29 is 14.7 Å². The van der Waals surface area contributed by atoms with Gasteiger partial charge in [0.2, 0.25) is 5.43 Å². The molecule has 1 aliphatic heterocycles. The van der Waals surface area contributed by atoms with Crippen molar-refractivity contribution in [3.8, 4) is 0 Å². The Kier molecular flexibility index (Phi) is 7.69. The number of nitrogens with zero attached hydrogens (tertiary/aromatic N) is 2. The van der Waals surface area contributed by atoms with Gasteiger partial charge in [-0.3, -0.25) is 14.4 Å². The van der Waals surface area contributed by atoms with E-state index in [2.05, 4.69) is 5.32 Å². The molecule has 7 nitrogen and oxygen atoms in total. The molecule has 2 heterocycles. The zero-order chi connectivity index (χ0) is 21.7. The zero-order valence-electron chi connectivity index (χ0n) is 18.2. The van der Waals surface area contributed by atoms with Crippen LogP contribution >= 0.6 is 0 Å². The van der Waals surface area contributed by atoms with Crippen LogP contribution in [0.3, 0.4) is 0 Å². The lowest BCUT2D eigenvalue weighted by atomic mass is 9.89. The second-order valence-corrected chi connectivity index (χ2v) is 9.00. The highest BCUT2D eigenvalue weighted by molar-refractivity contribution is 5.99. The van der Waals surface area contributed by atoms with Crippen LogP contribution in [0, 0.1) is 5.92 Å². The molecule has 2 fully saturated rings. The number of hydrogen-bond donors (Lipinski definition) is 2. The number of aliphatic hydroxyl groups excluding tert-OH is 1.